The summed E-state index contributed by atoms with van der Waals surface area (Å²) in [5.41, 5.74) is 19.0. The number of benzene rings is 20. The summed E-state index contributed by atoms with van der Waals surface area (Å²) in [6.45, 7) is 0. The Hall–Kier alpha value is -14.7. The topological polar surface area (TPSA) is 61.0 Å². The second-order valence-electron chi connectivity index (χ2n) is 28.0. The highest BCUT2D eigenvalue weighted by atomic mass is 14.9. The quantitative estimate of drug-likeness (QED) is 0.103. The van der Waals surface area contributed by atoms with E-state index >= 15 is 0 Å². The molecule has 1 aromatic heterocycles. The third-order valence-corrected chi connectivity index (χ3v) is 21.3. The largest absolute Gasteiger partial charge is 0.356 e. The Balaban J connectivity index is 0.0000000998. The molecule has 0 bridgehead atoms. The summed E-state index contributed by atoms with van der Waals surface area (Å²) in [4.78, 5) is 4.41. The van der Waals surface area contributed by atoms with Crippen LogP contribution >= 0.6 is 0 Å². The summed E-state index contributed by atoms with van der Waals surface area (Å²) in [5.74, 6) is 0. The monoisotopic (exact) mass is 1400 g/mol. The number of nitrogens with one attached hydrogen (secondary N) is 4. The maximum Gasteiger partial charge on any atom is 0.0650 e. The summed E-state index contributed by atoms with van der Waals surface area (Å²) in [6, 6.07) is 144. The Morgan fingerprint density at radius 2 is 0.518 bits per heavy atom. The van der Waals surface area contributed by atoms with Gasteiger partial charge in [-0.1, -0.05) is 334 Å². The zero-order chi connectivity index (χ0) is 73.1. The predicted molar refractivity (Wildman–Crippen MR) is 473 cm³/mol. The SMILES string of the molecule is c1ccc(-c2cccc(Nc3ccc4c5ccccc5c5ccccc5c4c3)c2)cc1.c1ccc(Nc2ccc(-c3cccc4ccccc34)cc2)cc1.c1ccc2c(Nc3ccc4c5ccccc5c5ccccc5c4c3)cccc2c1.c1ccc2c(c1)-c1cccc3c(Nc4cncc5ccccc45)ccc-2c13. The van der Waals surface area contributed by atoms with Gasteiger partial charge in [0, 0.05) is 67.6 Å². The molecule has 0 radical (unpaired) electrons. The number of hydrogen-bond acceptors (Lipinski definition) is 5. The van der Waals surface area contributed by atoms with Crippen LogP contribution in [0.25, 0.3) is 152 Å². The van der Waals surface area contributed by atoms with E-state index in [4.69, 9.17) is 0 Å². The third kappa shape index (κ3) is 12.9. The second kappa shape index (κ2) is 29.4. The Bertz CT molecular complexity index is 6920. The second-order valence-corrected chi connectivity index (χ2v) is 28.0. The van der Waals surface area contributed by atoms with Crippen molar-refractivity contribution in [2.45, 2.75) is 0 Å². The molecule has 0 amide bonds. The van der Waals surface area contributed by atoms with Crippen LogP contribution in [-0.4, -0.2) is 4.98 Å². The van der Waals surface area contributed by atoms with Gasteiger partial charge in [-0.05, 0) is 203 Å². The van der Waals surface area contributed by atoms with Gasteiger partial charge in [0.1, 0.15) is 0 Å². The molecule has 4 N–H and O–H groups in total. The molecule has 518 valence electrons. The van der Waals surface area contributed by atoms with Gasteiger partial charge in [0.15, 0.2) is 0 Å². The molecule has 21 aromatic rings. The van der Waals surface area contributed by atoms with Crippen molar-refractivity contribution in [3.63, 3.8) is 0 Å². The minimum Gasteiger partial charge on any atom is -0.356 e. The van der Waals surface area contributed by atoms with E-state index < -0.39 is 0 Å². The Kier molecular flexibility index (Phi) is 17.6. The van der Waals surface area contributed by atoms with Gasteiger partial charge >= 0.3 is 0 Å². The van der Waals surface area contributed by atoms with Gasteiger partial charge in [-0.25, -0.2) is 0 Å². The molecule has 0 unspecified atom stereocenters. The van der Waals surface area contributed by atoms with E-state index in [1.807, 2.05) is 36.7 Å². The summed E-state index contributed by atoms with van der Waals surface area (Å²) in [7, 11) is 0. The standard InChI is InChI=1S/C30H21N.C28H19N.C25H16N2.C22H17N/c1-2-9-21(10-3-1)22-11-8-12-23(19-22)31-24-17-18-29-27-15-5-4-13-25(27)26-14-6-7-16-28(26)30(29)20-24;1-2-10-21-19(8-1)9-7-15-28(21)29-20-16-17-26-24-13-4-3-11-22(24)23-12-5-6-14-25(23)27(26)18-20;1-2-7-17-16(6-1)14-26-15-24(17)27-23-13-12-21-19-9-4-3-8-18(19)20-10-5-11-22(23)25(20)21;1-2-9-19(10-3-1)23-20-15-13-18(14-16-20)22-12-6-8-17-7-4-5-11-21(17)22/h1-20,31H;1-18,29H;1-15,27H;1-16,23H. The Morgan fingerprint density at radius 3 is 1.13 bits per heavy atom. The molecule has 0 atom stereocenters. The van der Waals surface area contributed by atoms with Gasteiger partial charge in [0.25, 0.3) is 0 Å². The molecule has 20 aromatic carbocycles. The van der Waals surface area contributed by atoms with Gasteiger partial charge in [0.2, 0.25) is 0 Å². The predicted octanol–water partition coefficient (Wildman–Crippen LogP) is 29.6. The molecule has 0 saturated carbocycles. The van der Waals surface area contributed by atoms with Crippen LogP contribution in [0, 0.1) is 0 Å². The van der Waals surface area contributed by atoms with Crippen molar-refractivity contribution in [2.24, 2.45) is 0 Å². The highest BCUT2D eigenvalue weighted by Gasteiger charge is 2.22. The van der Waals surface area contributed by atoms with E-state index in [0.717, 1.165) is 50.9 Å². The molecule has 5 heteroatoms. The maximum absolute atomic E-state index is 4.41. The average Bonchev–Trinajstić information content (AvgIpc) is 1.49. The number of aromatic nitrogens is 1. The fourth-order valence-corrected chi connectivity index (χ4v) is 16.2. The van der Waals surface area contributed by atoms with Gasteiger partial charge in [0.05, 0.1) is 11.9 Å². The van der Waals surface area contributed by atoms with Crippen LogP contribution in [0.2, 0.25) is 0 Å². The number of anilines is 8. The van der Waals surface area contributed by atoms with E-state index in [0.29, 0.717) is 0 Å². The lowest BCUT2D eigenvalue weighted by Crippen LogP contribution is -1.94. The van der Waals surface area contributed by atoms with Crippen LogP contribution in [0.5, 0.6) is 0 Å². The van der Waals surface area contributed by atoms with Gasteiger partial charge in [-0.2, -0.15) is 0 Å². The summed E-state index contributed by atoms with van der Waals surface area (Å²) in [5, 5.41) is 39.8. The Labute approximate surface area is 638 Å². The number of fused-ring (bicyclic) bond motifs is 18. The molecule has 0 fully saturated rings. The first-order valence-electron chi connectivity index (χ1n) is 37.5. The van der Waals surface area contributed by atoms with Gasteiger partial charge in [-0.15, -0.1) is 0 Å². The van der Waals surface area contributed by atoms with Crippen molar-refractivity contribution in [3.8, 4) is 44.5 Å². The number of hydrogen-bond donors (Lipinski definition) is 4. The van der Waals surface area contributed by atoms with E-state index in [2.05, 4.69) is 408 Å². The molecular weight excluding hydrogens is 1330 g/mol. The van der Waals surface area contributed by atoms with Crippen LogP contribution < -0.4 is 21.3 Å². The number of rotatable bonds is 10. The first-order valence-corrected chi connectivity index (χ1v) is 37.5. The number of nitrogens with zero attached hydrogens (tertiary/aromatic N) is 1. The van der Waals surface area contributed by atoms with Crippen LogP contribution in [0.1, 0.15) is 0 Å². The zero-order valence-electron chi connectivity index (χ0n) is 60.3. The van der Waals surface area contributed by atoms with E-state index in [-0.39, 0.29) is 0 Å². The molecule has 22 rings (SSSR count). The van der Waals surface area contributed by atoms with Crippen molar-refractivity contribution in [1.29, 1.82) is 0 Å². The highest BCUT2D eigenvalue weighted by Crippen LogP contribution is 2.50. The van der Waals surface area contributed by atoms with E-state index in [1.54, 1.807) is 0 Å². The normalized spacial score (nSPS) is 11.3. The van der Waals surface area contributed by atoms with Crippen LogP contribution in [0.3, 0.4) is 0 Å². The molecular formula is C105H73N5. The average molecular weight is 1400 g/mol. The highest BCUT2D eigenvalue weighted by molar-refractivity contribution is 6.27. The molecule has 5 nitrogen and oxygen atoms in total. The van der Waals surface area contributed by atoms with Crippen molar-refractivity contribution in [3.05, 3.63) is 419 Å². The smallest absolute Gasteiger partial charge is 0.0650 e. The van der Waals surface area contributed by atoms with E-state index in [1.165, 1.54) is 147 Å². The lowest BCUT2D eigenvalue weighted by atomic mass is 9.94. The van der Waals surface area contributed by atoms with Crippen LogP contribution in [0.15, 0.2) is 419 Å². The lowest BCUT2D eigenvalue weighted by molar-refractivity contribution is 1.36. The van der Waals surface area contributed by atoms with Crippen LogP contribution in [0.4, 0.5) is 45.5 Å². The van der Waals surface area contributed by atoms with Crippen molar-refractivity contribution < 1.29 is 0 Å². The molecule has 110 heavy (non-hydrogen) atoms. The van der Waals surface area contributed by atoms with Crippen molar-refractivity contribution in [1.82, 2.24) is 4.98 Å². The summed E-state index contributed by atoms with van der Waals surface area (Å²) < 4.78 is 0. The maximum atomic E-state index is 4.41. The summed E-state index contributed by atoms with van der Waals surface area (Å²) >= 11 is 0. The van der Waals surface area contributed by atoms with Gasteiger partial charge in [-0.3, -0.25) is 4.98 Å². The minimum absolute atomic E-state index is 1.03. The fourth-order valence-electron chi connectivity index (χ4n) is 16.2. The molecule has 0 spiro atoms. The third-order valence-electron chi connectivity index (χ3n) is 21.3. The molecule has 0 saturated heterocycles. The first kappa shape index (κ1) is 66.1. The van der Waals surface area contributed by atoms with Gasteiger partial charge < -0.3 is 21.3 Å². The van der Waals surface area contributed by atoms with Crippen LogP contribution in [-0.2, 0) is 0 Å². The number of para-hydroxylation sites is 1. The fraction of sp³-hybridized carbons (Fsp3) is 0. The van der Waals surface area contributed by atoms with E-state index in [9.17, 15) is 0 Å². The molecule has 1 aliphatic rings. The minimum atomic E-state index is 1.03. The zero-order valence-corrected chi connectivity index (χ0v) is 60.3. The van der Waals surface area contributed by atoms with Crippen molar-refractivity contribution >= 4 is 153 Å². The molecule has 1 heterocycles. The molecule has 1 aliphatic carbocycles. The van der Waals surface area contributed by atoms with Crippen molar-refractivity contribution in [2.75, 3.05) is 21.3 Å². The summed E-state index contributed by atoms with van der Waals surface area (Å²) in [6.07, 6.45) is 3.81. The Morgan fingerprint density at radius 1 is 0.155 bits per heavy atom. The first-order chi connectivity index (χ1) is 54.5. The number of pyridine rings is 1. The lowest BCUT2D eigenvalue weighted by Gasteiger charge is -2.14. The molecule has 0 aliphatic heterocycles.